The van der Waals surface area contributed by atoms with E-state index in [1.807, 2.05) is 0 Å². The highest BCUT2D eigenvalue weighted by atomic mass is 15.2. The van der Waals surface area contributed by atoms with Crippen LogP contribution in [0, 0.1) is 13.8 Å². The van der Waals surface area contributed by atoms with Crippen LogP contribution in [0.4, 0.5) is 0 Å². The van der Waals surface area contributed by atoms with Crippen molar-refractivity contribution in [1.29, 1.82) is 0 Å². The maximum absolute atomic E-state index is 2.45. The molecular weight excluding hydrogens is 316 g/mol. The molecule has 0 radical (unpaired) electrons. The molecule has 2 aliphatic rings. The molecule has 3 aromatic carbocycles. The molecule has 26 heavy (non-hydrogen) atoms. The number of fused-ring (bicyclic) bond motifs is 6. The van der Waals surface area contributed by atoms with Crippen molar-refractivity contribution in [2.24, 2.45) is 0 Å². The van der Waals surface area contributed by atoms with E-state index in [0.29, 0.717) is 6.04 Å². The normalized spacial score (nSPS) is 15.7. The van der Waals surface area contributed by atoms with Crippen LogP contribution in [-0.4, -0.2) is 4.57 Å². The molecule has 6 rings (SSSR count). The van der Waals surface area contributed by atoms with Crippen LogP contribution in [0.5, 0.6) is 0 Å². The van der Waals surface area contributed by atoms with E-state index >= 15 is 0 Å². The monoisotopic (exact) mass is 335 g/mol. The molecule has 0 fully saturated rings. The highest BCUT2D eigenvalue weighted by molar-refractivity contribution is 5.86. The SMILES string of the molecule is Cc1cccc(C)c1-n1cc[n+]2c1-c1cccc3c1C2c1ccccc1-3. The second-order valence-electron chi connectivity index (χ2n) is 7.40. The van der Waals surface area contributed by atoms with E-state index in [0.717, 1.165) is 0 Å². The second kappa shape index (κ2) is 4.73. The molecule has 0 amide bonds. The van der Waals surface area contributed by atoms with Gasteiger partial charge in [0, 0.05) is 11.1 Å². The topological polar surface area (TPSA) is 8.81 Å². The summed E-state index contributed by atoms with van der Waals surface area (Å²) in [5.41, 5.74) is 10.9. The van der Waals surface area contributed by atoms with Gasteiger partial charge in [0.2, 0.25) is 0 Å². The summed E-state index contributed by atoms with van der Waals surface area (Å²) in [6, 6.07) is 22.4. The van der Waals surface area contributed by atoms with Gasteiger partial charge in [-0.2, -0.15) is 4.57 Å². The second-order valence-corrected chi connectivity index (χ2v) is 7.40. The Morgan fingerprint density at radius 2 is 1.46 bits per heavy atom. The van der Waals surface area contributed by atoms with Crippen LogP contribution >= 0.6 is 0 Å². The number of nitrogens with zero attached hydrogens (tertiary/aromatic N) is 2. The smallest absolute Gasteiger partial charge is 0.218 e. The van der Waals surface area contributed by atoms with Gasteiger partial charge in [-0.1, -0.05) is 54.6 Å². The molecule has 1 unspecified atom stereocenters. The highest BCUT2D eigenvalue weighted by Gasteiger charge is 2.45. The fraction of sp³-hybridized carbons (Fsp3) is 0.125. The average molecular weight is 335 g/mol. The van der Waals surface area contributed by atoms with Crippen LogP contribution in [0.15, 0.2) is 73.1 Å². The van der Waals surface area contributed by atoms with Crippen LogP contribution in [-0.2, 0) is 0 Å². The summed E-state index contributed by atoms with van der Waals surface area (Å²) in [5.74, 6) is 1.29. The zero-order chi connectivity index (χ0) is 17.4. The lowest BCUT2D eigenvalue weighted by atomic mass is 10.0. The van der Waals surface area contributed by atoms with Crippen molar-refractivity contribution in [2.45, 2.75) is 19.9 Å². The number of benzene rings is 3. The number of imidazole rings is 1. The fourth-order valence-corrected chi connectivity index (χ4v) is 4.96. The number of hydrogen-bond acceptors (Lipinski definition) is 0. The van der Waals surface area contributed by atoms with Crippen LogP contribution < -0.4 is 4.57 Å². The standard InChI is InChI=1S/C24H19N2/c1-15-7-5-8-16(2)22(15)25-13-14-26-23-19-10-4-3-9-17(19)18-11-6-12-20(21(18)23)24(25)26/h3-14,23H,1-2H3/q+1. The van der Waals surface area contributed by atoms with Gasteiger partial charge < -0.3 is 0 Å². The van der Waals surface area contributed by atoms with E-state index in [-0.39, 0.29) is 0 Å². The largest absolute Gasteiger partial charge is 0.295 e. The lowest BCUT2D eigenvalue weighted by Gasteiger charge is -2.08. The van der Waals surface area contributed by atoms with Gasteiger partial charge in [-0.15, -0.1) is 0 Å². The van der Waals surface area contributed by atoms with Crippen molar-refractivity contribution in [3.8, 4) is 28.2 Å². The molecule has 1 aliphatic carbocycles. The van der Waals surface area contributed by atoms with Gasteiger partial charge in [0.05, 0.1) is 5.56 Å². The molecular formula is C24H19N2+. The summed E-state index contributed by atoms with van der Waals surface area (Å²) in [7, 11) is 0. The minimum atomic E-state index is 0.304. The number of aromatic nitrogens is 2. The maximum atomic E-state index is 2.45. The van der Waals surface area contributed by atoms with Crippen LogP contribution in [0.25, 0.3) is 28.2 Å². The third-order valence-corrected chi connectivity index (χ3v) is 5.97. The quantitative estimate of drug-likeness (QED) is 0.375. The first-order chi connectivity index (χ1) is 12.8. The Labute approximate surface area is 153 Å². The van der Waals surface area contributed by atoms with E-state index in [4.69, 9.17) is 0 Å². The number of rotatable bonds is 1. The zero-order valence-electron chi connectivity index (χ0n) is 14.9. The van der Waals surface area contributed by atoms with Crippen LogP contribution in [0.3, 0.4) is 0 Å². The zero-order valence-corrected chi connectivity index (χ0v) is 14.9. The van der Waals surface area contributed by atoms with Crippen LogP contribution in [0.1, 0.15) is 28.3 Å². The third-order valence-electron chi connectivity index (χ3n) is 5.97. The molecule has 2 nitrogen and oxygen atoms in total. The predicted octanol–water partition coefficient (Wildman–Crippen LogP) is 4.98. The van der Waals surface area contributed by atoms with Gasteiger partial charge in [0.25, 0.3) is 5.82 Å². The molecule has 2 heteroatoms. The predicted molar refractivity (Wildman–Crippen MR) is 104 cm³/mol. The molecule has 2 heterocycles. The van der Waals surface area contributed by atoms with E-state index in [9.17, 15) is 0 Å². The molecule has 0 saturated carbocycles. The summed E-state index contributed by atoms with van der Waals surface area (Å²) >= 11 is 0. The minimum absolute atomic E-state index is 0.304. The molecule has 0 bridgehead atoms. The molecule has 4 aromatic rings. The Kier molecular flexibility index (Phi) is 2.56. The van der Waals surface area contributed by atoms with Crippen molar-refractivity contribution >= 4 is 0 Å². The van der Waals surface area contributed by atoms with E-state index in [2.05, 4.69) is 96.0 Å². The Bertz CT molecular complexity index is 1190. The summed E-state index contributed by atoms with van der Waals surface area (Å²) in [4.78, 5) is 0. The molecule has 1 aliphatic heterocycles. The number of hydrogen-bond donors (Lipinski definition) is 0. The molecule has 124 valence electrons. The molecule has 0 N–H and O–H groups in total. The maximum Gasteiger partial charge on any atom is 0.295 e. The highest BCUT2D eigenvalue weighted by Crippen LogP contribution is 2.50. The Balaban J connectivity index is 1.70. The van der Waals surface area contributed by atoms with E-state index in [1.165, 1.54) is 50.5 Å². The van der Waals surface area contributed by atoms with Gasteiger partial charge in [-0.3, -0.25) is 0 Å². The van der Waals surface area contributed by atoms with Gasteiger partial charge in [-0.05, 0) is 42.2 Å². The van der Waals surface area contributed by atoms with Gasteiger partial charge in [0.15, 0.2) is 6.04 Å². The molecule has 1 atom stereocenters. The first kappa shape index (κ1) is 14.1. The first-order valence-electron chi connectivity index (χ1n) is 9.17. The number of para-hydroxylation sites is 1. The minimum Gasteiger partial charge on any atom is -0.218 e. The fourth-order valence-electron chi connectivity index (χ4n) is 4.96. The third kappa shape index (κ3) is 1.55. The van der Waals surface area contributed by atoms with Crippen molar-refractivity contribution in [3.05, 3.63) is 95.3 Å². The van der Waals surface area contributed by atoms with Crippen molar-refractivity contribution in [3.63, 3.8) is 0 Å². The Morgan fingerprint density at radius 1 is 0.769 bits per heavy atom. The average Bonchev–Trinajstić information content (AvgIpc) is 3.30. The van der Waals surface area contributed by atoms with Crippen molar-refractivity contribution in [2.75, 3.05) is 0 Å². The van der Waals surface area contributed by atoms with Gasteiger partial charge in [0.1, 0.15) is 18.1 Å². The summed E-state index contributed by atoms with van der Waals surface area (Å²) in [6.45, 7) is 4.40. The first-order valence-corrected chi connectivity index (χ1v) is 9.17. The number of aryl methyl sites for hydroxylation is 2. The Hall–Kier alpha value is -3.13. The summed E-state index contributed by atoms with van der Waals surface area (Å²) < 4.78 is 4.83. The molecule has 1 aromatic heterocycles. The lowest BCUT2D eigenvalue weighted by Crippen LogP contribution is -2.36. The summed E-state index contributed by atoms with van der Waals surface area (Å²) in [5, 5.41) is 0. The molecule has 0 saturated heterocycles. The van der Waals surface area contributed by atoms with Gasteiger partial charge >= 0.3 is 0 Å². The summed E-state index contributed by atoms with van der Waals surface area (Å²) in [6.07, 6.45) is 4.47. The van der Waals surface area contributed by atoms with E-state index in [1.54, 1.807) is 0 Å². The van der Waals surface area contributed by atoms with Crippen LogP contribution in [0.2, 0.25) is 0 Å². The van der Waals surface area contributed by atoms with E-state index < -0.39 is 0 Å². The lowest BCUT2D eigenvalue weighted by molar-refractivity contribution is -0.687. The van der Waals surface area contributed by atoms with Crippen molar-refractivity contribution < 1.29 is 4.57 Å². The van der Waals surface area contributed by atoms with Crippen molar-refractivity contribution in [1.82, 2.24) is 4.57 Å². The molecule has 0 spiro atoms. The Morgan fingerprint density at radius 3 is 2.31 bits per heavy atom. The van der Waals surface area contributed by atoms with Gasteiger partial charge in [-0.25, -0.2) is 4.57 Å².